The number of carbonyl (C=O) groups is 1. The first-order chi connectivity index (χ1) is 11.8. The van der Waals surface area contributed by atoms with Gasteiger partial charge in [-0.25, -0.2) is 4.68 Å². The van der Waals surface area contributed by atoms with E-state index in [-0.39, 0.29) is 36.3 Å². The molecule has 0 saturated carbocycles. The molecule has 7 heteroatoms. The zero-order valence-electron chi connectivity index (χ0n) is 15.9. The van der Waals surface area contributed by atoms with Gasteiger partial charge in [0.15, 0.2) is 0 Å². The molecule has 0 spiro atoms. The zero-order chi connectivity index (χ0) is 18.4. The van der Waals surface area contributed by atoms with E-state index >= 15 is 0 Å². The number of benzene rings is 1. The number of methoxy groups -OCH3 is 1. The molecule has 3 N–H and O–H groups in total. The third-order valence-corrected chi connectivity index (χ3v) is 4.00. The highest BCUT2D eigenvalue weighted by Gasteiger charge is 2.21. The number of rotatable bonds is 7. The van der Waals surface area contributed by atoms with Crippen molar-refractivity contribution in [3.8, 4) is 0 Å². The lowest BCUT2D eigenvalue weighted by Crippen LogP contribution is -2.28. The predicted molar refractivity (Wildman–Crippen MR) is 107 cm³/mol. The van der Waals surface area contributed by atoms with Gasteiger partial charge in [0.2, 0.25) is 5.91 Å². The van der Waals surface area contributed by atoms with E-state index in [0.29, 0.717) is 18.9 Å². The molecule has 2 aromatic rings. The van der Waals surface area contributed by atoms with Crippen LogP contribution in [0.15, 0.2) is 36.4 Å². The minimum Gasteiger partial charge on any atom is -0.380 e. The van der Waals surface area contributed by atoms with Gasteiger partial charge in [-0.05, 0) is 5.56 Å². The minimum atomic E-state index is -0.285. The van der Waals surface area contributed by atoms with Gasteiger partial charge >= 0.3 is 0 Å². The van der Waals surface area contributed by atoms with E-state index in [0.717, 1.165) is 11.3 Å². The largest absolute Gasteiger partial charge is 0.380 e. The number of nitrogens with zero attached hydrogens (tertiary/aromatic N) is 2. The van der Waals surface area contributed by atoms with Crippen LogP contribution in [0.2, 0.25) is 0 Å². The van der Waals surface area contributed by atoms with E-state index in [1.54, 1.807) is 7.11 Å². The number of carbonyl (C=O) groups excluding carboxylic acids is 1. The summed E-state index contributed by atoms with van der Waals surface area (Å²) in [6.45, 7) is 7.20. The summed E-state index contributed by atoms with van der Waals surface area (Å²) in [4.78, 5) is 12.3. The molecule has 0 aliphatic heterocycles. The number of amides is 1. The van der Waals surface area contributed by atoms with Gasteiger partial charge in [-0.15, -0.1) is 12.4 Å². The number of hydrogen-bond donors (Lipinski definition) is 2. The molecule has 1 amide bonds. The lowest BCUT2D eigenvalue weighted by Gasteiger charge is -2.14. The average Bonchev–Trinajstić information content (AvgIpc) is 2.96. The molecule has 1 aromatic carbocycles. The van der Waals surface area contributed by atoms with Gasteiger partial charge in [-0.3, -0.25) is 4.79 Å². The van der Waals surface area contributed by atoms with Gasteiger partial charge in [-0.2, -0.15) is 5.10 Å². The fourth-order valence-electron chi connectivity index (χ4n) is 2.42. The first-order valence-corrected chi connectivity index (χ1v) is 8.48. The van der Waals surface area contributed by atoms with Gasteiger partial charge in [0.25, 0.3) is 0 Å². The van der Waals surface area contributed by atoms with E-state index in [4.69, 9.17) is 15.6 Å². The normalized spacial score (nSPS) is 12.3. The summed E-state index contributed by atoms with van der Waals surface area (Å²) in [5.41, 5.74) is 7.55. The van der Waals surface area contributed by atoms with Crippen LogP contribution >= 0.6 is 12.4 Å². The van der Waals surface area contributed by atoms with Gasteiger partial charge in [-0.1, -0.05) is 51.1 Å². The Bertz CT molecular complexity index is 691. The summed E-state index contributed by atoms with van der Waals surface area (Å²) >= 11 is 0. The molecule has 26 heavy (non-hydrogen) atoms. The van der Waals surface area contributed by atoms with E-state index in [9.17, 15) is 4.79 Å². The monoisotopic (exact) mass is 380 g/mol. The summed E-state index contributed by atoms with van der Waals surface area (Å²) < 4.78 is 7.02. The van der Waals surface area contributed by atoms with Crippen LogP contribution in [0.3, 0.4) is 0 Å². The minimum absolute atomic E-state index is 0. The van der Waals surface area contributed by atoms with Crippen LogP contribution in [0.1, 0.15) is 38.4 Å². The van der Waals surface area contributed by atoms with Crippen LogP contribution < -0.4 is 11.1 Å². The Kier molecular flexibility index (Phi) is 8.27. The summed E-state index contributed by atoms with van der Waals surface area (Å²) in [5, 5.41) is 7.64. The highest BCUT2D eigenvalue weighted by Crippen LogP contribution is 2.24. The van der Waals surface area contributed by atoms with E-state index < -0.39 is 0 Å². The van der Waals surface area contributed by atoms with Crippen molar-refractivity contribution in [2.45, 2.75) is 45.3 Å². The van der Waals surface area contributed by atoms with Gasteiger partial charge < -0.3 is 15.8 Å². The molecule has 0 saturated heterocycles. The maximum Gasteiger partial charge on any atom is 0.228 e. The molecule has 2 rings (SSSR count). The highest BCUT2D eigenvalue weighted by molar-refractivity contribution is 5.90. The molecule has 0 radical (unpaired) electrons. The molecule has 144 valence electrons. The fraction of sp³-hybridized carbons (Fsp3) is 0.474. The molecule has 0 fully saturated rings. The lowest BCUT2D eigenvalue weighted by atomic mass is 9.92. The van der Waals surface area contributed by atoms with Gasteiger partial charge in [0, 0.05) is 25.1 Å². The quantitative estimate of drug-likeness (QED) is 0.773. The first-order valence-electron chi connectivity index (χ1n) is 8.48. The Morgan fingerprint density at radius 2 is 1.96 bits per heavy atom. The van der Waals surface area contributed by atoms with Crippen LogP contribution in [0.4, 0.5) is 5.82 Å². The lowest BCUT2D eigenvalue weighted by molar-refractivity contribution is -0.118. The molecule has 6 nitrogen and oxygen atoms in total. The van der Waals surface area contributed by atoms with Crippen LogP contribution in [-0.4, -0.2) is 35.4 Å². The molecule has 0 bridgehead atoms. The Morgan fingerprint density at radius 1 is 1.31 bits per heavy atom. The second-order valence-corrected chi connectivity index (χ2v) is 7.15. The van der Waals surface area contributed by atoms with Gasteiger partial charge in [0.1, 0.15) is 5.82 Å². The molecule has 1 unspecified atom stereocenters. The SMILES string of the molecule is COC(CN)CC(=O)Nc1cc(C(C)(C)C)nn1Cc1ccccc1.Cl. The Hall–Kier alpha value is -1.89. The summed E-state index contributed by atoms with van der Waals surface area (Å²) in [6.07, 6.45) is -0.0680. The van der Waals surface area contributed by atoms with Crippen molar-refractivity contribution in [1.82, 2.24) is 9.78 Å². The van der Waals surface area contributed by atoms with Crippen molar-refractivity contribution in [2.75, 3.05) is 19.0 Å². The smallest absolute Gasteiger partial charge is 0.228 e. The van der Waals surface area contributed by atoms with Gasteiger partial charge in [0.05, 0.1) is 24.8 Å². The number of anilines is 1. The van der Waals surface area contributed by atoms with Crippen molar-refractivity contribution >= 4 is 24.1 Å². The molecule has 0 aliphatic carbocycles. The van der Waals surface area contributed by atoms with Crippen LogP contribution in [-0.2, 0) is 21.5 Å². The van der Waals surface area contributed by atoms with E-state index in [1.165, 1.54) is 0 Å². The number of halogens is 1. The van der Waals surface area contributed by atoms with Crippen molar-refractivity contribution < 1.29 is 9.53 Å². The second-order valence-electron chi connectivity index (χ2n) is 7.15. The van der Waals surface area contributed by atoms with Crippen LogP contribution in [0, 0.1) is 0 Å². The van der Waals surface area contributed by atoms with Crippen LogP contribution in [0.25, 0.3) is 0 Å². The average molecular weight is 381 g/mol. The third kappa shape index (κ3) is 6.12. The molecule has 0 aliphatic rings. The number of hydrogen-bond acceptors (Lipinski definition) is 4. The first kappa shape index (κ1) is 22.2. The molecule has 1 atom stereocenters. The maximum atomic E-state index is 12.3. The Morgan fingerprint density at radius 3 is 2.50 bits per heavy atom. The summed E-state index contributed by atoms with van der Waals surface area (Å²) in [5.74, 6) is 0.553. The maximum absolute atomic E-state index is 12.3. The molecule has 1 heterocycles. The Balaban J connectivity index is 0.00000338. The Labute approximate surface area is 161 Å². The summed E-state index contributed by atoms with van der Waals surface area (Å²) in [7, 11) is 1.56. The van der Waals surface area contributed by atoms with E-state index in [2.05, 4.69) is 26.1 Å². The topological polar surface area (TPSA) is 82.2 Å². The number of ether oxygens (including phenoxy) is 1. The van der Waals surface area contributed by atoms with Crippen molar-refractivity contribution in [3.63, 3.8) is 0 Å². The highest BCUT2D eigenvalue weighted by atomic mass is 35.5. The van der Waals surface area contributed by atoms with Crippen molar-refractivity contribution in [3.05, 3.63) is 47.7 Å². The number of nitrogens with two attached hydrogens (primary N) is 1. The van der Waals surface area contributed by atoms with Crippen molar-refractivity contribution in [2.24, 2.45) is 5.73 Å². The second kappa shape index (κ2) is 9.71. The predicted octanol–water partition coefficient (Wildman–Crippen LogP) is 2.95. The standard InChI is InChI=1S/C19H28N4O2.ClH/c1-19(2,3)16-11-17(21-18(24)10-15(12-20)25-4)23(22-16)13-14-8-6-5-7-9-14;/h5-9,11,15H,10,12-13,20H2,1-4H3,(H,21,24);1H. The fourth-order valence-corrected chi connectivity index (χ4v) is 2.42. The number of aromatic nitrogens is 2. The van der Waals surface area contributed by atoms with Crippen LogP contribution in [0.5, 0.6) is 0 Å². The number of nitrogens with one attached hydrogen (secondary N) is 1. The molecule has 1 aromatic heterocycles. The van der Waals surface area contributed by atoms with E-state index in [1.807, 2.05) is 41.1 Å². The zero-order valence-corrected chi connectivity index (χ0v) is 16.7. The van der Waals surface area contributed by atoms with Crippen molar-refractivity contribution in [1.29, 1.82) is 0 Å². The third-order valence-electron chi connectivity index (χ3n) is 4.00. The molecular formula is C19H29ClN4O2. The molecular weight excluding hydrogens is 352 g/mol. The summed E-state index contributed by atoms with van der Waals surface area (Å²) in [6, 6.07) is 12.0.